The molecular formula is C12H22N2O3. The summed E-state index contributed by atoms with van der Waals surface area (Å²) in [5, 5.41) is 14.6. The van der Waals surface area contributed by atoms with Crippen LogP contribution < -0.4 is 10.6 Å². The van der Waals surface area contributed by atoms with Crippen LogP contribution in [0.4, 0.5) is 0 Å². The van der Waals surface area contributed by atoms with E-state index in [1.54, 1.807) is 0 Å². The zero-order valence-corrected chi connectivity index (χ0v) is 10.5. The van der Waals surface area contributed by atoms with Crippen molar-refractivity contribution in [1.29, 1.82) is 0 Å². The Morgan fingerprint density at radius 3 is 2.76 bits per heavy atom. The molecular weight excluding hydrogens is 220 g/mol. The summed E-state index contributed by atoms with van der Waals surface area (Å²) in [5.74, 6) is 0.166. The zero-order valence-electron chi connectivity index (χ0n) is 10.5. The summed E-state index contributed by atoms with van der Waals surface area (Å²) in [6, 6.07) is 0.00475. The number of hydrogen-bond acceptors (Lipinski definition) is 3. The molecule has 1 saturated heterocycles. The van der Waals surface area contributed by atoms with Gasteiger partial charge in [0.25, 0.3) is 0 Å². The molecule has 0 aromatic carbocycles. The first-order valence-electron chi connectivity index (χ1n) is 6.22. The number of carbonyl (C=O) groups is 2. The monoisotopic (exact) mass is 242 g/mol. The van der Waals surface area contributed by atoms with Crippen LogP contribution >= 0.6 is 0 Å². The van der Waals surface area contributed by atoms with Gasteiger partial charge in [0.15, 0.2) is 0 Å². The fourth-order valence-corrected chi connectivity index (χ4v) is 1.97. The quantitative estimate of drug-likeness (QED) is 0.636. The summed E-state index contributed by atoms with van der Waals surface area (Å²) >= 11 is 0. The van der Waals surface area contributed by atoms with Gasteiger partial charge in [0.1, 0.15) is 0 Å². The third-order valence-electron chi connectivity index (χ3n) is 3.21. The third kappa shape index (κ3) is 4.34. The standard InChI is InChI=1S/C12H22N2O3/c1-8(2)10(5-6-15)14-12(17)9-3-4-11(16)13-7-9/h8-10,15H,3-7H2,1-2H3,(H,13,16)(H,14,17). The lowest BCUT2D eigenvalue weighted by molar-refractivity contribution is -0.129. The molecule has 2 unspecified atom stereocenters. The maximum Gasteiger partial charge on any atom is 0.225 e. The normalized spacial score (nSPS) is 22.1. The number of carbonyl (C=O) groups excluding carboxylic acids is 2. The molecule has 1 rings (SSSR count). The molecule has 0 saturated carbocycles. The highest BCUT2D eigenvalue weighted by molar-refractivity contribution is 5.83. The van der Waals surface area contributed by atoms with Crippen molar-refractivity contribution in [3.8, 4) is 0 Å². The van der Waals surface area contributed by atoms with Crippen LogP contribution in [0.15, 0.2) is 0 Å². The predicted octanol–water partition coefficient (Wildman–Crippen LogP) is 0.0358. The van der Waals surface area contributed by atoms with E-state index in [0.717, 1.165) is 0 Å². The van der Waals surface area contributed by atoms with E-state index in [0.29, 0.717) is 31.7 Å². The van der Waals surface area contributed by atoms with Crippen molar-refractivity contribution in [3.63, 3.8) is 0 Å². The van der Waals surface area contributed by atoms with Crippen LogP contribution in [0.2, 0.25) is 0 Å². The van der Waals surface area contributed by atoms with Gasteiger partial charge in [-0.15, -0.1) is 0 Å². The van der Waals surface area contributed by atoms with Crippen LogP contribution in [0.5, 0.6) is 0 Å². The molecule has 5 heteroatoms. The molecule has 0 aromatic rings. The van der Waals surface area contributed by atoms with Crippen LogP contribution in [-0.4, -0.2) is 36.1 Å². The minimum absolute atomic E-state index is 0.00475. The summed E-state index contributed by atoms with van der Waals surface area (Å²) < 4.78 is 0. The van der Waals surface area contributed by atoms with Crippen molar-refractivity contribution in [1.82, 2.24) is 10.6 Å². The van der Waals surface area contributed by atoms with Crippen molar-refractivity contribution in [2.24, 2.45) is 11.8 Å². The zero-order chi connectivity index (χ0) is 12.8. The summed E-state index contributed by atoms with van der Waals surface area (Å²) in [6.45, 7) is 4.53. The second-order valence-corrected chi connectivity index (χ2v) is 4.91. The Morgan fingerprint density at radius 2 is 2.29 bits per heavy atom. The highest BCUT2D eigenvalue weighted by Gasteiger charge is 2.26. The summed E-state index contributed by atoms with van der Waals surface area (Å²) in [7, 11) is 0. The lowest BCUT2D eigenvalue weighted by Crippen LogP contribution is -2.47. The first-order valence-corrected chi connectivity index (χ1v) is 6.22. The average molecular weight is 242 g/mol. The number of amides is 2. The van der Waals surface area contributed by atoms with Gasteiger partial charge < -0.3 is 15.7 Å². The van der Waals surface area contributed by atoms with Gasteiger partial charge in [-0.25, -0.2) is 0 Å². The average Bonchev–Trinajstić information content (AvgIpc) is 2.29. The topological polar surface area (TPSA) is 78.4 Å². The molecule has 0 bridgehead atoms. The minimum atomic E-state index is -0.132. The van der Waals surface area contributed by atoms with Gasteiger partial charge in [-0.2, -0.15) is 0 Å². The maximum absolute atomic E-state index is 12.0. The van der Waals surface area contributed by atoms with E-state index >= 15 is 0 Å². The number of aliphatic hydroxyl groups excluding tert-OH is 1. The number of rotatable bonds is 5. The summed E-state index contributed by atoms with van der Waals surface area (Å²) in [6.07, 6.45) is 1.61. The van der Waals surface area contributed by atoms with Gasteiger partial charge in [0.05, 0.1) is 5.92 Å². The Labute approximate surface area is 102 Å². The second kappa shape index (κ2) is 6.59. The summed E-state index contributed by atoms with van der Waals surface area (Å²) in [5.41, 5.74) is 0. The highest BCUT2D eigenvalue weighted by Crippen LogP contribution is 2.13. The van der Waals surface area contributed by atoms with Crippen LogP contribution in [0, 0.1) is 11.8 Å². The maximum atomic E-state index is 12.0. The molecule has 1 aliphatic rings. The largest absolute Gasteiger partial charge is 0.396 e. The van der Waals surface area contributed by atoms with E-state index in [4.69, 9.17) is 5.11 Å². The first kappa shape index (κ1) is 14.0. The van der Waals surface area contributed by atoms with Crippen molar-refractivity contribution in [2.45, 2.75) is 39.2 Å². The van der Waals surface area contributed by atoms with E-state index in [9.17, 15) is 9.59 Å². The van der Waals surface area contributed by atoms with Crippen LogP contribution in [0.25, 0.3) is 0 Å². The highest BCUT2D eigenvalue weighted by atomic mass is 16.3. The lowest BCUT2D eigenvalue weighted by atomic mass is 9.95. The molecule has 2 amide bonds. The lowest BCUT2D eigenvalue weighted by Gasteiger charge is -2.26. The van der Waals surface area contributed by atoms with E-state index in [1.165, 1.54) is 0 Å². The van der Waals surface area contributed by atoms with E-state index in [1.807, 2.05) is 13.8 Å². The fourth-order valence-electron chi connectivity index (χ4n) is 1.97. The Morgan fingerprint density at radius 1 is 1.59 bits per heavy atom. The molecule has 98 valence electrons. The van der Waals surface area contributed by atoms with Crippen molar-refractivity contribution < 1.29 is 14.7 Å². The van der Waals surface area contributed by atoms with Gasteiger partial charge in [0.2, 0.25) is 11.8 Å². The minimum Gasteiger partial charge on any atom is -0.396 e. The number of hydrogen-bond donors (Lipinski definition) is 3. The van der Waals surface area contributed by atoms with Gasteiger partial charge in [-0.3, -0.25) is 9.59 Å². The Kier molecular flexibility index (Phi) is 5.41. The molecule has 3 N–H and O–H groups in total. The molecule has 1 fully saturated rings. The smallest absolute Gasteiger partial charge is 0.225 e. The molecule has 17 heavy (non-hydrogen) atoms. The van der Waals surface area contributed by atoms with Crippen LogP contribution in [0.1, 0.15) is 33.1 Å². The van der Waals surface area contributed by atoms with E-state index < -0.39 is 0 Å². The summed E-state index contributed by atoms with van der Waals surface area (Å²) in [4.78, 5) is 22.9. The number of nitrogens with one attached hydrogen (secondary N) is 2. The number of piperidine rings is 1. The molecule has 0 aliphatic carbocycles. The molecule has 2 atom stereocenters. The Balaban J connectivity index is 2.43. The Hall–Kier alpha value is -1.10. The van der Waals surface area contributed by atoms with E-state index in [2.05, 4.69) is 10.6 Å². The fraction of sp³-hybridized carbons (Fsp3) is 0.833. The molecule has 1 aliphatic heterocycles. The van der Waals surface area contributed by atoms with Crippen molar-refractivity contribution in [3.05, 3.63) is 0 Å². The molecule has 0 spiro atoms. The van der Waals surface area contributed by atoms with Gasteiger partial charge in [-0.05, 0) is 18.8 Å². The predicted molar refractivity (Wildman–Crippen MR) is 64.2 cm³/mol. The van der Waals surface area contributed by atoms with Gasteiger partial charge >= 0.3 is 0 Å². The molecule has 0 aromatic heterocycles. The van der Waals surface area contributed by atoms with Crippen molar-refractivity contribution >= 4 is 11.8 Å². The van der Waals surface area contributed by atoms with Gasteiger partial charge in [-0.1, -0.05) is 13.8 Å². The van der Waals surface area contributed by atoms with E-state index in [-0.39, 0.29) is 30.4 Å². The van der Waals surface area contributed by atoms with Gasteiger partial charge in [0, 0.05) is 25.6 Å². The SMILES string of the molecule is CC(C)C(CCO)NC(=O)C1CCC(=O)NC1. The molecule has 1 heterocycles. The first-order chi connectivity index (χ1) is 8.04. The van der Waals surface area contributed by atoms with Crippen LogP contribution in [0.3, 0.4) is 0 Å². The molecule has 0 radical (unpaired) electrons. The third-order valence-corrected chi connectivity index (χ3v) is 3.21. The van der Waals surface area contributed by atoms with Crippen molar-refractivity contribution in [2.75, 3.05) is 13.2 Å². The second-order valence-electron chi connectivity index (χ2n) is 4.91. The Bertz CT molecular complexity index is 269. The van der Waals surface area contributed by atoms with Crippen LogP contribution in [-0.2, 0) is 9.59 Å². The molecule has 5 nitrogen and oxygen atoms in total. The number of aliphatic hydroxyl groups is 1.